The van der Waals surface area contributed by atoms with Gasteiger partial charge in [0, 0.05) is 17.1 Å². The van der Waals surface area contributed by atoms with E-state index in [0.717, 1.165) is 17.3 Å². The third-order valence-electron chi connectivity index (χ3n) is 4.10. The molecule has 9 heteroatoms. The van der Waals surface area contributed by atoms with Crippen LogP contribution in [0.4, 0.5) is 0 Å². The van der Waals surface area contributed by atoms with Gasteiger partial charge in [-0.15, -0.1) is 10.2 Å². The maximum absolute atomic E-state index is 11.9. The van der Waals surface area contributed by atoms with Gasteiger partial charge in [0.25, 0.3) is 0 Å². The average Bonchev–Trinajstić information content (AvgIpc) is 3.12. The zero-order valence-corrected chi connectivity index (χ0v) is 18.6. The number of aromatic nitrogens is 3. The Labute approximate surface area is 188 Å². The molecule has 0 saturated heterocycles. The SMILES string of the molecule is CCOc1ccc(/C=C(\Sc2nnc(-c3ccc(Cl)cc3)n2CC)C(=O)O)cc1Cl. The van der Waals surface area contributed by atoms with Crippen LogP contribution >= 0.6 is 35.0 Å². The molecule has 1 aromatic heterocycles. The minimum Gasteiger partial charge on any atom is -0.492 e. The summed E-state index contributed by atoms with van der Waals surface area (Å²) in [7, 11) is 0. The van der Waals surface area contributed by atoms with Crippen molar-refractivity contribution in [1.29, 1.82) is 0 Å². The molecule has 0 fully saturated rings. The molecule has 0 radical (unpaired) electrons. The number of halogens is 2. The summed E-state index contributed by atoms with van der Waals surface area (Å²) in [5.74, 6) is 0.133. The van der Waals surface area contributed by atoms with Crippen molar-refractivity contribution in [3.05, 3.63) is 63.0 Å². The van der Waals surface area contributed by atoms with Gasteiger partial charge in [0.1, 0.15) is 10.7 Å². The number of aliphatic carboxylic acids is 1. The van der Waals surface area contributed by atoms with Gasteiger partial charge >= 0.3 is 5.97 Å². The van der Waals surface area contributed by atoms with Gasteiger partial charge < -0.3 is 14.4 Å². The molecule has 0 bridgehead atoms. The van der Waals surface area contributed by atoms with Crippen molar-refractivity contribution < 1.29 is 14.6 Å². The molecule has 30 heavy (non-hydrogen) atoms. The summed E-state index contributed by atoms with van der Waals surface area (Å²) in [6, 6.07) is 12.4. The number of carboxylic acid groups (broad SMARTS) is 1. The predicted octanol–water partition coefficient (Wildman–Crippen LogP) is 5.89. The number of thioether (sulfide) groups is 1. The standard InChI is InChI=1S/C21H19Cl2N3O3S/c1-3-26-19(14-6-8-15(22)9-7-14)24-25-21(26)30-18(20(27)28)12-13-5-10-17(29-4-2)16(23)11-13/h5-12H,3-4H2,1-2H3,(H,27,28)/b18-12-. The maximum atomic E-state index is 11.9. The highest BCUT2D eigenvalue weighted by Crippen LogP contribution is 2.32. The molecule has 0 unspecified atom stereocenters. The van der Waals surface area contributed by atoms with Crippen molar-refractivity contribution >= 4 is 47.0 Å². The second-order valence-corrected chi connectivity index (χ2v) is 7.95. The predicted molar refractivity (Wildman–Crippen MR) is 120 cm³/mol. The summed E-state index contributed by atoms with van der Waals surface area (Å²) >= 11 is 13.2. The fourth-order valence-electron chi connectivity index (χ4n) is 2.73. The molecule has 0 aliphatic heterocycles. The lowest BCUT2D eigenvalue weighted by Gasteiger charge is -2.09. The van der Waals surface area contributed by atoms with Crippen LogP contribution in [0, 0.1) is 0 Å². The number of rotatable bonds is 8. The van der Waals surface area contributed by atoms with Crippen LogP contribution in [-0.4, -0.2) is 32.4 Å². The van der Waals surface area contributed by atoms with Gasteiger partial charge in [0.2, 0.25) is 0 Å². The molecule has 1 N–H and O–H groups in total. The summed E-state index contributed by atoms with van der Waals surface area (Å²) in [4.78, 5) is 12.0. The smallest absolute Gasteiger partial charge is 0.342 e. The van der Waals surface area contributed by atoms with Gasteiger partial charge in [0.15, 0.2) is 11.0 Å². The van der Waals surface area contributed by atoms with E-state index in [9.17, 15) is 9.90 Å². The van der Waals surface area contributed by atoms with Crippen LogP contribution < -0.4 is 4.74 Å². The van der Waals surface area contributed by atoms with E-state index < -0.39 is 5.97 Å². The average molecular weight is 464 g/mol. The van der Waals surface area contributed by atoms with E-state index in [2.05, 4.69) is 10.2 Å². The lowest BCUT2D eigenvalue weighted by molar-refractivity contribution is -0.131. The quantitative estimate of drug-likeness (QED) is 0.331. The second-order valence-electron chi connectivity index (χ2n) is 6.10. The molecule has 0 spiro atoms. The first-order chi connectivity index (χ1) is 14.4. The number of nitrogens with zero attached hydrogens (tertiary/aromatic N) is 3. The van der Waals surface area contributed by atoms with Crippen LogP contribution in [0.15, 0.2) is 52.5 Å². The van der Waals surface area contributed by atoms with Crippen LogP contribution in [0.1, 0.15) is 19.4 Å². The number of benzene rings is 2. The number of carboxylic acids is 1. The van der Waals surface area contributed by atoms with Crippen molar-refractivity contribution in [2.75, 3.05) is 6.61 Å². The van der Waals surface area contributed by atoms with E-state index in [4.69, 9.17) is 27.9 Å². The largest absolute Gasteiger partial charge is 0.492 e. The molecular formula is C21H19Cl2N3O3S. The van der Waals surface area contributed by atoms with Crippen LogP contribution in [0.5, 0.6) is 5.75 Å². The van der Waals surface area contributed by atoms with Gasteiger partial charge in [-0.2, -0.15) is 0 Å². The molecule has 2 aromatic carbocycles. The Morgan fingerprint density at radius 3 is 2.50 bits per heavy atom. The first-order valence-corrected chi connectivity index (χ1v) is 10.7. The molecule has 1 heterocycles. The van der Waals surface area contributed by atoms with Gasteiger partial charge in [-0.1, -0.05) is 29.3 Å². The van der Waals surface area contributed by atoms with Crippen molar-refractivity contribution in [3.8, 4) is 17.1 Å². The Balaban J connectivity index is 1.92. The fraction of sp³-hybridized carbons (Fsp3) is 0.190. The molecule has 6 nitrogen and oxygen atoms in total. The zero-order valence-electron chi connectivity index (χ0n) is 16.3. The van der Waals surface area contributed by atoms with Crippen LogP contribution in [0.25, 0.3) is 17.5 Å². The van der Waals surface area contributed by atoms with Crippen LogP contribution in [0.3, 0.4) is 0 Å². The molecule has 156 valence electrons. The molecule has 0 saturated carbocycles. The maximum Gasteiger partial charge on any atom is 0.342 e. The van der Waals surface area contributed by atoms with E-state index >= 15 is 0 Å². The van der Waals surface area contributed by atoms with Crippen LogP contribution in [0.2, 0.25) is 10.0 Å². The number of carbonyl (C=O) groups is 1. The molecule has 0 aliphatic rings. The lowest BCUT2D eigenvalue weighted by Crippen LogP contribution is -2.02. The summed E-state index contributed by atoms with van der Waals surface area (Å²) in [5.41, 5.74) is 1.49. The van der Waals surface area contributed by atoms with E-state index in [1.165, 1.54) is 0 Å². The van der Waals surface area contributed by atoms with Gasteiger partial charge in [-0.05, 0) is 73.6 Å². The first kappa shape index (κ1) is 22.2. The Morgan fingerprint density at radius 1 is 1.17 bits per heavy atom. The second kappa shape index (κ2) is 10.0. The van der Waals surface area contributed by atoms with E-state index in [0.29, 0.717) is 45.5 Å². The highest BCUT2D eigenvalue weighted by molar-refractivity contribution is 8.04. The van der Waals surface area contributed by atoms with Crippen molar-refractivity contribution in [1.82, 2.24) is 14.8 Å². The minimum atomic E-state index is -1.07. The number of hydrogen-bond donors (Lipinski definition) is 1. The van der Waals surface area contributed by atoms with Crippen LogP contribution in [-0.2, 0) is 11.3 Å². The van der Waals surface area contributed by atoms with E-state index in [-0.39, 0.29) is 4.91 Å². The zero-order chi connectivity index (χ0) is 21.7. The fourth-order valence-corrected chi connectivity index (χ4v) is 3.98. The molecule has 0 atom stereocenters. The molecule has 3 aromatic rings. The van der Waals surface area contributed by atoms with Gasteiger partial charge in [-0.25, -0.2) is 4.79 Å². The summed E-state index contributed by atoms with van der Waals surface area (Å²) in [6.45, 7) is 4.89. The highest BCUT2D eigenvalue weighted by atomic mass is 35.5. The Morgan fingerprint density at radius 2 is 1.90 bits per heavy atom. The summed E-state index contributed by atoms with van der Waals surface area (Å²) in [5, 5.41) is 19.7. The molecule has 3 rings (SSSR count). The molecule has 0 amide bonds. The third-order valence-corrected chi connectivity index (χ3v) is 5.65. The Kier molecular flexibility index (Phi) is 7.42. The molecular weight excluding hydrogens is 445 g/mol. The number of ether oxygens (including phenoxy) is 1. The number of hydrogen-bond acceptors (Lipinski definition) is 5. The van der Waals surface area contributed by atoms with Crippen molar-refractivity contribution in [2.24, 2.45) is 0 Å². The third kappa shape index (κ3) is 5.16. The first-order valence-electron chi connectivity index (χ1n) is 9.17. The Hall–Kier alpha value is -2.48. The van der Waals surface area contributed by atoms with Gasteiger partial charge in [0.05, 0.1) is 11.6 Å². The van der Waals surface area contributed by atoms with Gasteiger partial charge in [-0.3, -0.25) is 0 Å². The normalized spacial score (nSPS) is 11.5. The van der Waals surface area contributed by atoms with Crippen molar-refractivity contribution in [2.45, 2.75) is 25.5 Å². The summed E-state index contributed by atoms with van der Waals surface area (Å²) in [6.07, 6.45) is 1.55. The Bertz CT molecular complexity index is 1080. The minimum absolute atomic E-state index is 0.0972. The van der Waals surface area contributed by atoms with E-state index in [1.807, 2.05) is 30.5 Å². The highest BCUT2D eigenvalue weighted by Gasteiger charge is 2.18. The lowest BCUT2D eigenvalue weighted by atomic mass is 10.2. The summed E-state index contributed by atoms with van der Waals surface area (Å²) < 4.78 is 7.28. The topological polar surface area (TPSA) is 77.2 Å². The molecule has 0 aliphatic carbocycles. The van der Waals surface area contributed by atoms with Crippen molar-refractivity contribution in [3.63, 3.8) is 0 Å². The van der Waals surface area contributed by atoms with E-state index in [1.54, 1.807) is 36.4 Å². The monoisotopic (exact) mass is 463 g/mol.